The van der Waals surface area contributed by atoms with Crippen LogP contribution < -0.4 is 10.6 Å². The molecule has 0 aliphatic carbocycles. The molecule has 0 rings (SSSR count). The van der Waals surface area contributed by atoms with Crippen LogP contribution in [0.25, 0.3) is 0 Å². The predicted octanol–water partition coefficient (Wildman–Crippen LogP) is 0.258. The van der Waals surface area contributed by atoms with Crippen LogP contribution in [0.1, 0.15) is 27.2 Å². The van der Waals surface area contributed by atoms with Gasteiger partial charge in [0.15, 0.2) is 0 Å². The summed E-state index contributed by atoms with van der Waals surface area (Å²) in [5.74, 6) is 0.475. The number of rotatable bonds is 7. The molecule has 0 bridgehead atoms. The molecular formula is C10H22N2O2S. The van der Waals surface area contributed by atoms with Crippen LogP contribution in [0.2, 0.25) is 0 Å². The van der Waals surface area contributed by atoms with Crippen molar-refractivity contribution in [3.8, 4) is 0 Å². The van der Waals surface area contributed by atoms with Crippen molar-refractivity contribution < 1.29 is 9.00 Å². The first-order chi connectivity index (χ1) is 6.95. The Hall–Kier alpha value is -0.420. The van der Waals surface area contributed by atoms with E-state index < -0.39 is 10.8 Å². The molecule has 0 aromatic rings. The van der Waals surface area contributed by atoms with Crippen LogP contribution in [0.4, 0.5) is 0 Å². The van der Waals surface area contributed by atoms with Gasteiger partial charge >= 0.3 is 0 Å². The van der Waals surface area contributed by atoms with Crippen LogP contribution in [0.15, 0.2) is 0 Å². The van der Waals surface area contributed by atoms with Crippen LogP contribution in [0.5, 0.6) is 0 Å². The lowest BCUT2D eigenvalue weighted by Crippen LogP contribution is -2.43. The van der Waals surface area contributed by atoms with Crippen LogP contribution in [0.3, 0.4) is 0 Å². The van der Waals surface area contributed by atoms with E-state index in [0.717, 1.165) is 6.42 Å². The van der Waals surface area contributed by atoms with E-state index in [4.69, 9.17) is 0 Å². The van der Waals surface area contributed by atoms with Gasteiger partial charge < -0.3 is 10.6 Å². The zero-order chi connectivity index (χ0) is 11.8. The third-order valence-corrected chi connectivity index (χ3v) is 3.08. The summed E-state index contributed by atoms with van der Waals surface area (Å²) in [4.78, 5) is 11.4. The number of nitrogens with one attached hydrogen (secondary N) is 2. The van der Waals surface area contributed by atoms with E-state index in [1.54, 1.807) is 6.26 Å². The molecule has 0 aromatic heterocycles. The molecule has 0 fully saturated rings. The number of carbonyl (C=O) groups excluding carboxylic acids is 1. The average Bonchev–Trinajstić information content (AvgIpc) is 2.12. The molecule has 3 unspecified atom stereocenters. The molecule has 3 atom stereocenters. The molecule has 4 nitrogen and oxygen atoms in total. The van der Waals surface area contributed by atoms with Crippen molar-refractivity contribution in [1.29, 1.82) is 0 Å². The first-order valence-corrected chi connectivity index (χ1v) is 7.01. The Morgan fingerprint density at radius 3 is 2.40 bits per heavy atom. The minimum atomic E-state index is -0.862. The van der Waals surface area contributed by atoms with Gasteiger partial charge in [0.05, 0.1) is 6.54 Å². The minimum Gasteiger partial charge on any atom is -0.352 e. The molecule has 1 amide bonds. The van der Waals surface area contributed by atoms with Crippen molar-refractivity contribution in [3.05, 3.63) is 0 Å². The number of carbonyl (C=O) groups is 1. The monoisotopic (exact) mass is 234 g/mol. The lowest BCUT2D eigenvalue weighted by Gasteiger charge is -2.14. The summed E-state index contributed by atoms with van der Waals surface area (Å²) in [7, 11) is -0.862. The molecular weight excluding hydrogens is 212 g/mol. The Labute approximate surface area is 94.7 Å². The SMILES string of the molecule is CCC(C)NCC(=O)NC(C)CS(C)=O. The number of hydrogen-bond donors (Lipinski definition) is 2. The van der Waals surface area contributed by atoms with E-state index >= 15 is 0 Å². The Morgan fingerprint density at radius 2 is 1.93 bits per heavy atom. The minimum absolute atomic E-state index is 0.0259. The van der Waals surface area contributed by atoms with Gasteiger partial charge in [-0.2, -0.15) is 0 Å². The summed E-state index contributed by atoms with van der Waals surface area (Å²) < 4.78 is 10.9. The molecule has 90 valence electrons. The van der Waals surface area contributed by atoms with Crippen molar-refractivity contribution in [1.82, 2.24) is 10.6 Å². The van der Waals surface area contributed by atoms with Gasteiger partial charge in [0.25, 0.3) is 0 Å². The predicted molar refractivity (Wildman–Crippen MR) is 64.3 cm³/mol. The maximum Gasteiger partial charge on any atom is 0.234 e. The fourth-order valence-electron chi connectivity index (χ4n) is 1.13. The van der Waals surface area contributed by atoms with Gasteiger partial charge in [-0.15, -0.1) is 0 Å². The fourth-order valence-corrected chi connectivity index (χ4v) is 1.92. The highest BCUT2D eigenvalue weighted by molar-refractivity contribution is 7.84. The highest BCUT2D eigenvalue weighted by Crippen LogP contribution is 1.88. The van der Waals surface area contributed by atoms with Crippen molar-refractivity contribution >= 4 is 16.7 Å². The zero-order valence-electron chi connectivity index (χ0n) is 10.0. The van der Waals surface area contributed by atoms with Crippen LogP contribution in [0, 0.1) is 0 Å². The second kappa shape index (κ2) is 7.82. The van der Waals surface area contributed by atoms with Gasteiger partial charge in [0.1, 0.15) is 0 Å². The Balaban J connectivity index is 3.69. The van der Waals surface area contributed by atoms with Crippen molar-refractivity contribution in [2.75, 3.05) is 18.6 Å². The highest BCUT2D eigenvalue weighted by atomic mass is 32.2. The van der Waals surface area contributed by atoms with Crippen LogP contribution in [-0.4, -0.2) is 40.8 Å². The molecule has 0 radical (unpaired) electrons. The first-order valence-electron chi connectivity index (χ1n) is 5.28. The lowest BCUT2D eigenvalue weighted by atomic mass is 10.2. The molecule has 0 aliphatic heterocycles. The van der Waals surface area contributed by atoms with Gasteiger partial charge in [-0.25, -0.2) is 0 Å². The summed E-state index contributed by atoms with van der Waals surface area (Å²) in [6.45, 7) is 6.30. The van der Waals surface area contributed by atoms with E-state index in [9.17, 15) is 9.00 Å². The van der Waals surface area contributed by atoms with E-state index in [-0.39, 0.29) is 11.9 Å². The van der Waals surface area contributed by atoms with E-state index in [1.807, 2.05) is 13.8 Å². The van der Waals surface area contributed by atoms with Gasteiger partial charge in [0, 0.05) is 34.9 Å². The molecule has 0 saturated carbocycles. The average molecular weight is 234 g/mol. The zero-order valence-corrected chi connectivity index (χ0v) is 10.8. The van der Waals surface area contributed by atoms with Gasteiger partial charge in [-0.1, -0.05) is 6.92 Å². The van der Waals surface area contributed by atoms with Crippen molar-refractivity contribution in [3.63, 3.8) is 0 Å². The molecule has 0 spiro atoms. The molecule has 2 N–H and O–H groups in total. The molecule has 0 heterocycles. The number of hydrogen-bond acceptors (Lipinski definition) is 3. The summed E-state index contributed by atoms with van der Waals surface area (Å²) in [6, 6.07) is 0.327. The standard InChI is InChI=1S/C10H22N2O2S/c1-5-8(2)11-6-10(13)12-9(3)7-15(4)14/h8-9,11H,5-7H2,1-4H3,(H,12,13). The molecule has 15 heavy (non-hydrogen) atoms. The smallest absolute Gasteiger partial charge is 0.234 e. The summed E-state index contributed by atoms with van der Waals surface area (Å²) in [6.07, 6.45) is 2.64. The quantitative estimate of drug-likeness (QED) is 0.664. The third kappa shape index (κ3) is 8.57. The summed E-state index contributed by atoms with van der Waals surface area (Å²) >= 11 is 0. The van der Waals surface area contributed by atoms with Crippen LogP contribution >= 0.6 is 0 Å². The van der Waals surface area contributed by atoms with Gasteiger partial charge in [-0.05, 0) is 20.3 Å². The van der Waals surface area contributed by atoms with E-state index in [1.165, 1.54) is 0 Å². The largest absolute Gasteiger partial charge is 0.352 e. The second-order valence-electron chi connectivity index (χ2n) is 3.90. The second-order valence-corrected chi connectivity index (χ2v) is 5.38. The lowest BCUT2D eigenvalue weighted by molar-refractivity contribution is -0.120. The fraction of sp³-hybridized carbons (Fsp3) is 0.900. The van der Waals surface area contributed by atoms with Gasteiger partial charge in [-0.3, -0.25) is 9.00 Å². The Morgan fingerprint density at radius 1 is 1.33 bits per heavy atom. The molecule has 0 saturated heterocycles. The summed E-state index contributed by atoms with van der Waals surface area (Å²) in [5.41, 5.74) is 0. The number of amides is 1. The third-order valence-electron chi connectivity index (χ3n) is 2.12. The van der Waals surface area contributed by atoms with Crippen molar-refractivity contribution in [2.45, 2.75) is 39.3 Å². The first kappa shape index (κ1) is 14.6. The van der Waals surface area contributed by atoms with Crippen molar-refractivity contribution in [2.24, 2.45) is 0 Å². The van der Waals surface area contributed by atoms with E-state index in [0.29, 0.717) is 18.3 Å². The Kier molecular flexibility index (Phi) is 7.60. The Bertz CT molecular complexity index is 221. The molecule has 0 aliphatic rings. The topological polar surface area (TPSA) is 58.2 Å². The van der Waals surface area contributed by atoms with E-state index in [2.05, 4.69) is 17.6 Å². The summed E-state index contributed by atoms with van der Waals surface area (Å²) in [5, 5.41) is 5.90. The van der Waals surface area contributed by atoms with Gasteiger partial charge in [0.2, 0.25) is 5.91 Å². The molecule has 0 aromatic carbocycles. The maximum atomic E-state index is 11.4. The maximum absolute atomic E-state index is 11.4. The highest BCUT2D eigenvalue weighted by Gasteiger charge is 2.09. The molecule has 5 heteroatoms. The normalized spacial score (nSPS) is 16.8. The van der Waals surface area contributed by atoms with Crippen LogP contribution in [-0.2, 0) is 15.6 Å².